The fourth-order valence-corrected chi connectivity index (χ4v) is 1.52. The zero-order valence-electron chi connectivity index (χ0n) is 10.1. The molecule has 94 valence electrons. The van der Waals surface area contributed by atoms with E-state index in [0.717, 1.165) is 0 Å². The van der Waals surface area contributed by atoms with E-state index in [2.05, 4.69) is 0 Å². The van der Waals surface area contributed by atoms with Crippen LogP contribution < -0.4 is 10.5 Å². The number of nitrogens with zero attached hydrogens (tertiary/aromatic N) is 1. The van der Waals surface area contributed by atoms with Gasteiger partial charge in [0.25, 0.3) is 5.91 Å². The third-order valence-electron chi connectivity index (χ3n) is 2.51. The summed E-state index contributed by atoms with van der Waals surface area (Å²) >= 11 is 0. The first-order chi connectivity index (χ1) is 8.11. The fraction of sp³-hybridized carbons (Fsp3) is 0.417. The van der Waals surface area contributed by atoms with Gasteiger partial charge in [0, 0.05) is 20.2 Å². The fourth-order valence-electron chi connectivity index (χ4n) is 1.52. The van der Waals surface area contributed by atoms with Crippen LogP contribution in [-0.2, 0) is 0 Å². The van der Waals surface area contributed by atoms with Crippen LogP contribution in [0.2, 0.25) is 0 Å². The van der Waals surface area contributed by atoms with Gasteiger partial charge in [0.2, 0.25) is 0 Å². The van der Waals surface area contributed by atoms with Crippen molar-refractivity contribution in [3.8, 4) is 5.75 Å². The Labute approximate surface area is 101 Å². The second-order valence-electron chi connectivity index (χ2n) is 3.73. The molecule has 0 aliphatic heterocycles. The number of aliphatic hydroxyl groups is 1. The Balaban J connectivity index is 2.88. The standard InChI is InChI=1S/C12H18N2O3/c1-14(7-4-8-15)12(16)9-5-3-6-10(17-2)11(9)13/h3,5-6,15H,4,7-8,13H2,1-2H3. The molecule has 0 aliphatic rings. The van der Waals surface area contributed by atoms with Crippen molar-refractivity contribution >= 4 is 11.6 Å². The molecule has 1 amide bonds. The first kappa shape index (κ1) is 13.3. The van der Waals surface area contributed by atoms with E-state index in [0.29, 0.717) is 30.0 Å². The molecule has 0 radical (unpaired) electrons. The number of nitrogens with two attached hydrogens (primary N) is 1. The van der Waals surface area contributed by atoms with E-state index in [-0.39, 0.29) is 12.5 Å². The van der Waals surface area contributed by atoms with Gasteiger partial charge in [-0.1, -0.05) is 6.07 Å². The summed E-state index contributed by atoms with van der Waals surface area (Å²) in [7, 11) is 3.19. The van der Waals surface area contributed by atoms with Gasteiger partial charge < -0.3 is 20.5 Å². The summed E-state index contributed by atoms with van der Waals surface area (Å²) in [6, 6.07) is 5.10. The summed E-state index contributed by atoms with van der Waals surface area (Å²) in [6.07, 6.45) is 0.548. The second-order valence-corrected chi connectivity index (χ2v) is 3.73. The van der Waals surface area contributed by atoms with Crippen LogP contribution in [-0.4, -0.2) is 43.2 Å². The monoisotopic (exact) mass is 238 g/mol. The number of carbonyl (C=O) groups excluding carboxylic acids is 1. The van der Waals surface area contributed by atoms with Crippen LogP contribution in [0.1, 0.15) is 16.8 Å². The molecule has 0 fully saturated rings. The van der Waals surface area contributed by atoms with E-state index in [9.17, 15) is 4.79 Å². The molecule has 0 aliphatic carbocycles. The van der Waals surface area contributed by atoms with Crippen molar-refractivity contribution < 1.29 is 14.6 Å². The zero-order chi connectivity index (χ0) is 12.8. The van der Waals surface area contributed by atoms with Crippen LogP contribution in [0, 0.1) is 0 Å². The van der Waals surface area contributed by atoms with Gasteiger partial charge in [0.05, 0.1) is 18.4 Å². The Kier molecular flexibility index (Phi) is 4.78. The number of hydrogen-bond acceptors (Lipinski definition) is 4. The zero-order valence-corrected chi connectivity index (χ0v) is 10.1. The lowest BCUT2D eigenvalue weighted by atomic mass is 10.1. The highest BCUT2D eigenvalue weighted by atomic mass is 16.5. The van der Waals surface area contributed by atoms with Crippen LogP contribution in [0.25, 0.3) is 0 Å². The average Bonchev–Trinajstić information content (AvgIpc) is 2.35. The minimum atomic E-state index is -0.171. The number of anilines is 1. The van der Waals surface area contributed by atoms with Crippen LogP contribution >= 0.6 is 0 Å². The molecule has 0 atom stereocenters. The summed E-state index contributed by atoms with van der Waals surface area (Å²) in [5, 5.41) is 8.72. The van der Waals surface area contributed by atoms with E-state index < -0.39 is 0 Å². The predicted octanol–water partition coefficient (Wildman–Crippen LogP) is 0.732. The minimum absolute atomic E-state index is 0.0607. The van der Waals surface area contributed by atoms with Crippen molar-refractivity contribution in [2.75, 3.05) is 33.0 Å². The van der Waals surface area contributed by atoms with Crippen LogP contribution in [0.4, 0.5) is 5.69 Å². The Bertz CT molecular complexity index is 393. The maximum Gasteiger partial charge on any atom is 0.255 e. The smallest absolute Gasteiger partial charge is 0.255 e. The number of carbonyl (C=O) groups is 1. The maximum absolute atomic E-state index is 12.0. The van der Waals surface area contributed by atoms with E-state index in [1.165, 1.54) is 12.0 Å². The highest BCUT2D eigenvalue weighted by molar-refractivity contribution is 6.00. The quantitative estimate of drug-likeness (QED) is 0.741. The number of para-hydroxylation sites is 1. The Hall–Kier alpha value is -1.75. The van der Waals surface area contributed by atoms with Crippen LogP contribution in [0.5, 0.6) is 5.75 Å². The molecule has 0 spiro atoms. The summed E-state index contributed by atoms with van der Waals surface area (Å²) in [4.78, 5) is 13.6. The van der Waals surface area contributed by atoms with Crippen molar-refractivity contribution in [2.24, 2.45) is 0 Å². The van der Waals surface area contributed by atoms with Gasteiger partial charge in [0.15, 0.2) is 0 Å². The highest BCUT2D eigenvalue weighted by Gasteiger charge is 2.16. The van der Waals surface area contributed by atoms with Gasteiger partial charge >= 0.3 is 0 Å². The number of aliphatic hydroxyl groups excluding tert-OH is 1. The molecule has 5 heteroatoms. The number of amides is 1. The van der Waals surface area contributed by atoms with Gasteiger partial charge in [-0.15, -0.1) is 0 Å². The first-order valence-corrected chi connectivity index (χ1v) is 5.40. The van der Waals surface area contributed by atoms with Gasteiger partial charge in [-0.3, -0.25) is 4.79 Å². The van der Waals surface area contributed by atoms with Crippen LogP contribution in [0.3, 0.4) is 0 Å². The van der Waals surface area contributed by atoms with Crippen molar-refractivity contribution in [1.82, 2.24) is 4.90 Å². The molecule has 0 aromatic heterocycles. The summed E-state index contributed by atoms with van der Waals surface area (Å²) < 4.78 is 5.06. The van der Waals surface area contributed by atoms with Gasteiger partial charge in [0.1, 0.15) is 5.75 Å². The number of hydrogen-bond donors (Lipinski definition) is 2. The molecule has 1 aromatic carbocycles. The van der Waals surface area contributed by atoms with E-state index in [4.69, 9.17) is 15.6 Å². The van der Waals surface area contributed by atoms with E-state index in [1.807, 2.05) is 0 Å². The lowest BCUT2D eigenvalue weighted by Gasteiger charge is -2.18. The first-order valence-electron chi connectivity index (χ1n) is 5.40. The van der Waals surface area contributed by atoms with Crippen molar-refractivity contribution in [3.63, 3.8) is 0 Å². The third-order valence-corrected chi connectivity index (χ3v) is 2.51. The van der Waals surface area contributed by atoms with Crippen molar-refractivity contribution in [1.29, 1.82) is 0 Å². The van der Waals surface area contributed by atoms with E-state index in [1.54, 1.807) is 25.2 Å². The molecule has 0 saturated heterocycles. The number of ether oxygens (including phenoxy) is 1. The molecule has 0 saturated carbocycles. The summed E-state index contributed by atoms with van der Waals surface area (Å²) in [6.45, 7) is 0.553. The molecular weight excluding hydrogens is 220 g/mol. The molecule has 5 nitrogen and oxygen atoms in total. The number of nitrogen functional groups attached to an aromatic ring is 1. The molecule has 1 rings (SSSR count). The Morgan fingerprint density at radius 3 is 2.82 bits per heavy atom. The molecule has 0 bridgehead atoms. The van der Waals surface area contributed by atoms with Crippen molar-refractivity contribution in [3.05, 3.63) is 23.8 Å². The molecule has 0 unspecified atom stereocenters. The van der Waals surface area contributed by atoms with Crippen molar-refractivity contribution in [2.45, 2.75) is 6.42 Å². The van der Waals surface area contributed by atoms with Gasteiger partial charge in [-0.25, -0.2) is 0 Å². The lowest BCUT2D eigenvalue weighted by Crippen LogP contribution is -2.29. The molecule has 0 heterocycles. The Morgan fingerprint density at radius 1 is 1.53 bits per heavy atom. The SMILES string of the molecule is COc1cccc(C(=O)N(C)CCCO)c1N. The molecular formula is C12H18N2O3. The molecule has 3 N–H and O–H groups in total. The summed E-state index contributed by atoms with van der Waals surface area (Å²) in [5.41, 5.74) is 6.60. The normalized spacial score (nSPS) is 10.1. The molecule has 1 aromatic rings. The van der Waals surface area contributed by atoms with E-state index >= 15 is 0 Å². The lowest BCUT2D eigenvalue weighted by molar-refractivity contribution is 0.0787. The average molecular weight is 238 g/mol. The predicted molar refractivity (Wildman–Crippen MR) is 66.1 cm³/mol. The Morgan fingerprint density at radius 2 is 2.24 bits per heavy atom. The minimum Gasteiger partial charge on any atom is -0.495 e. The third kappa shape index (κ3) is 3.10. The number of rotatable bonds is 5. The van der Waals surface area contributed by atoms with Crippen LogP contribution in [0.15, 0.2) is 18.2 Å². The molecule has 17 heavy (non-hydrogen) atoms. The number of methoxy groups -OCH3 is 1. The second kappa shape index (κ2) is 6.10. The topological polar surface area (TPSA) is 75.8 Å². The number of benzene rings is 1. The largest absolute Gasteiger partial charge is 0.495 e. The summed E-state index contributed by atoms with van der Waals surface area (Å²) in [5.74, 6) is 0.321. The highest BCUT2D eigenvalue weighted by Crippen LogP contribution is 2.25. The van der Waals surface area contributed by atoms with Gasteiger partial charge in [-0.2, -0.15) is 0 Å². The van der Waals surface area contributed by atoms with Gasteiger partial charge in [-0.05, 0) is 18.6 Å². The maximum atomic E-state index is 12.0.